The summed E-state index contributed by atoms with van der Waals surface area (Å²) in [7, 11) is 1.54. The summed E-state index contributed by atoms with van der Waals surface area (Å²) in [5.41, 5.74) is 6.84. The third-order valence-electron chi connectivity index (χ3n) is 2.86. The molecule has 0 aromatic heterocycles. The minimum atomic E-state index is -1.08. The first kappa shape index (κ1) is 15.0. The van der Waals surface area contributed by atoms with Gasteiger partial charge >= 0.3 is 5.97 Å². The molecule has 6 heteroatoms. The van der Waals surface area contributed by atoms with Gasteiger partial charge in [-0.2, -0.15) is 0 Å². The molecule has 0 radical (unpaired) electrons. The van der Waals surface area contributed by atoms with E-state index in [2.05, 4.69) is 0 Å². The van der Waals surface area contributed by atoms with Gasteiger partial charge in [0.05, 0.1) is 7.11 Å². The molecule has 0 saturated carbocycles. The Labute approximate surface area is 126 Å². The molecule has 0 aliphatic rings. The van der Waals surface area contributed by atoms with E-state index in [9.17, 15) is 4.79 Å². The Morgan fingerprint density at radius 1 is 1.24 bits per heavy atom. The second-order valence-corrected chi connectivity index (χ2v) is 4.74. The van der Waals surface area contributed by atoms with E-state index in [1.807, 2.05) is 0 Å². The average Bonchev–Trinajstić information content (AvgIpc) is 2.45. The minimum Gasteiger partial charge on any atom is -0.496 e. The number of rotatable bonds is 5. The SMILES string of the molecule is COc1ccc(Cl)cc1COc1cc(N)ccc1C(=O)O. The number of nitrogen functional groups attached to an aromatic ring is 1. The zero-order valence-electron chi connectivity index (χ0n) is 11.3. The molecule has 0 aliphatic carbocycles. The molecule has 0 amide bonds. The molecule has 110 valence electrons. The Balaban J connectivity index is 2.26. The fourth-order valence-corrected chi connectivity index (χ4v) is 2.05. The van der Waals surface area contributed by atoms with Crippen molar-refractivity contribution in [3.8, 4) is 11.5 Å². The molecule has 5 nitrogen and oxygen atoms in total. The van der Waals surface area contributed by atoms with E-state index < -0.39 is 5.97 Å². The topological polar surface area (TPSA) is 81.8 Å². The quantitative estimate of drug-likeness (QED) is 0.829. The maximum absolute atomic E-state index is 11.2. The number of hydrogen-bond donors (Lipinski definition) is 2. The van der Waals surface area contributed by atoms with Gasteiger partial charge in [-0.15, -0.1) is 0 Å². The van der Waals surface area contributed by atoms with Crippen molar-refractivity contribution in [2.45, 2.75) is 6.61 Å². The Morgan fingerprint density at radius 3 is 2.67 bits per heavy atom. The van der Waals surface area contributed by atoms with Crippen LogP contribution in [0.3, 0.4) is 0 Å². The van der Waals surface area contributed by atoms with Crippen molar-refractivity contribution < 1.29 is 19.4 Å². The molecule has 2 aromatic carbocycles. The molecule has 0 unspecified atom stereocenters. The van der Waals surface area contributed by atoms with Gasteiger partial charge in [-0.05, 0) is 30.3 Å². The maximum atomic E-state index is 11.2. The van der Waals surface area contributed by atoms with E-state index in [-0.39, 0.29) is 17.9 Å². The van der Waals surface area contributed by atoms with Crippen molar-refractivity contribution in [1.29, 1.82) is 0 Å². The Morgan fingerprint density at radius 2 is 2.00 bits per heavy atom. The van der Waals surface area contributed by atoms with Crippen LogP contribution >= 0.6 is 11.6 Å². The Hall–Kier alpha value is -2.40. The Kier molecular flexibility index (Phi) is 4.55. The summed E-state index contributed by atoms with van der Waals surface area (Å²) in [6.45, 7) is 0.119. The van der Waals surface area contributed by atoms with Gasteiger partial charge in [0.25, 0.3) is 0 Å². The first-order valence-electron chi connectivity index (χ1n) is 6.09. The lowest BCUT2D eigenvalue weighted by atomic mass is 10.1. The van der Waals surface area contributed by atoms with Crippen molar-refractivity contribution in [3.63, 3.8) is 0 Å². The first-order valence-corrected chi connectivity index (χ1v) is 6.47. The van der Waals surface area contributed by atoms with E-state index >= 15 is 0 Å². The minimum absolute atomic E-state index is 0.0465. The van der Waals surface area contributed by atoms with Crippen LogP contribution in [0.2, 0.25) is 5.02 Å². The predicted molar refractivity (Wildman–Crippen MR) is 80.1 cm³/mol. The van der Waals surface area contributed by atoms with E-state index in [0.717, 1.165) is 0 Å². The van der Waals surface area contributed by atoms with Crippen LogP contribution in [0.4, 0.5) is 5.69 Å². The summed E-state index contributed by atoms with van der Waals surface area (Å²) in [6, 6.07) is 9.51. The summed E-state index contributed by atoms with van der Waals surface area (Å²) in [5, 5.41) is 9.67. The monoisotopic (exact) mass is 307 g/mol. The summed E-state index contributed by atoms with van der Waals surface area (Å²) < 4.78 is 10.8. The number of benzene rings is 2. The number of carboxylic acid groups (broad SMARTS) is 1. The molecule has 3 N–H and O–H groups in total. The number of ether oxygens (including phenoxy) is 2. The third-order valence-corrected chi connectivity index (χ3v) is 3.10. The molecule has 0 atom stereocenters. The third kappa shape index (κ3) is 3.58. The molecular formula is C15H14ClNO4. The number of carbonyl (C=O) groups is 1. The molecule has 2 rings (SSSR count). The second-order valence-electron chi connectivity index (χ2n) is 4.31. The van der Waals surface area contributed by atoms with Crippen molar-refractivity contribution in [1.82, 2.24) is 0 Å². The van der Waals surface area contributed by atoms with Crippen LogP contribution in [0.25, 0.3) is 0 Å². The van der Waals surface area contributed by atoms with Crippen molar-refractivity contribution >= 4 is 23.3 Å². The lowest BCUT2D eigenvalue weighted by molar-refractivity contribution is 0.0692. The van der Waals surface area contributed by atoms with Crippen molar-refractivity contribution in [2.24, 2.45) is 0 Å². The van der Waals surface area contributed by atoms with Crippen molar-refractivity contribution in [2.75, 3.05) is 12.8 Å². The highest BCUT2D eigenvalue weighted by molar-refractivity contribution is 6.30. The molecule has 0 fully saturated rings. The van der Waals surface area contributed by atoms with E-state index in [4.69, 9.17) is 31.9 Å². The van der Waals surface area contributed by atoms with E-state index in [1.165, 1.54) is 25.3 Å². The number of nitrogens with two attached hydrogens (primary N) is 1. The molecule has 0 saturated heterocycles. The molecular weight excluding hydrogens is 294 g/mol. The average molecular weight is 308 g/mol. The van der Waals surface area contributed by atoms with Gasteiger partial charge < -0.3 is 20.3 Å². The van der Waals surface area contributed by atoms with Gasteiger partial charge in [-0.25, -0.2) is 4.79 Å². The first-order chi connectivity index (χ1) is 10.0. The van der Waals surface area contributed by atoms with E-state index in [0.29, 0.717) is 22.0 Å². The molecule has 0 aliphatic heterocycles. The fraction of sp³-hybridized carbons (Fsp3) is 0.133. The highest BCUT2D eigenvalue weighted by atomic mass is 35.5. The van der Waals surface area contributed by atoms with Crippen LogP contribution in [0.15, 0.2) is 36.4 Å². The lowest BCUT2D eigenvalue weighted by Crippen LogP contribution is -2.05. The van der Waals surface area contributed by atoms with Crippen LogP contribution in [0.1, 0.15) is 15.9 Å². The van der Waals surface area contributed by atoms with Crippen LogP contribution in [0, 0.1) is 0 Å². The second kappa shape index (κ2) is 6.37. The molecule has 21 heavy (non-hydrogen) atoms. The standard InChI is InChI=1S/C15H14ClNO4/c1-20-13-5-2-10(16)6-9(13)8-21-14-7-11(17)3-4-12(14)15(18)19/h2-7H,8,17H2,1H3,(H,18,19). The molecule has 0 bridgehead atoms. The van der Waals surface area contributed by atoms with Gasteiger partial charge in [0, 0.05) is 22.3 Å². The normalized spacial score (nSPS) is 10.2. The van der Waals surface area contributed by atoms with Crippen LogP contribution in [-0.2, 0) is 6.61 Å². The van der Waals surface area contributed by atoms with E-state index in [1.54, 1.807) is 18.2 Å². The Bertz CT molecular complexity index is 673. The van der Waals surface area contributed by atoms with Gasteiger partial charge in [-0.1, -0.05) is 11.6 Å². The largest absolute Gasteiger partial charge is 0.496 e. The van der Waals surface area contributed by atoms with Gasteiger partial charge in [0.1, 0.15) is 23.7 Å². The summed E-state index contributed by atoms with van der Waals surface area (Å²) in [6.07, 6.45) is 0. The van der Waals surface area contributed by atoms with Gasteiger partial charge in [-0.3, -0.25) is 0 Å². The van der Waals surface area contributed by atoms with Gasteiger partial charge in [0.2, 0.25) is 0 Å². The fourth-order valence-electron chi connectivity index (χ4n) is 1.85. The van der Waals surface area contributed by atoms with Crippen molar-refractivity contribution in [3.05, 3.63) is 52.5 Å². The highest BCUT2D eigenvalue weighted by Crippen LogP contribution is 2.27. The zero-order valence-corrected chi connectivity index (χ0v) is 12.1. The van der Waals surface area contributed by atoms with Crippen LogP contribution < -0.4 is 15.2 Å². The van der Waals surface area contributed by atoms with Crippen LogP contribution in [-0.4, -0.2) is 18.2 Å². The zero-order chi connectivity index (χ0) is 15.4. The maximum Gasteiger partial charge on any atom is 0.339 e. The number of carboxylic acids is 1. The number of anilines is 1. The smallest absolute Gasteiger partial charge is 0.339 e. The van der Waals surface area contributed by atoms with Crippen LogP contribution in [0.5, 0.6) is 11.5 Å². The highest BCUT2D eigenvalue weighted by Gasteiger charge is 2.13. The number of aromatic carboxylic acids is 1. The predicted octanol–water partition coefficient (Wildman–Crippen LogP) is 3.21. The number of halogens is 1. The molecule has 2 aromatic rings. The summed E-state index contributed by atoms with van der Waals surface area (Å²) in [4.78, 5) is 11.2. The number of methoxy groups -OCH3 is 1. The lowest BCUT2D eigenvalue weighted by Gasteiger charge is -2.12. The number of hydrogen-bond acceptors (Lipinski definition) is 4. The molecule has 0 heterocycles. The summed E-state index contributed by atoms with van der Waals surface area (Å²) >= 11 is 5.94. The summed E-state index contributed by atoms with van der Waals surface area (Å²) in [5.74, 6) is -0.271. The van der Waals surface area contributed by atoms with Gasteiger partial charge in [0.15, 0.2) is 0 Å². The molecule has 0 spiro atoms.